The van der Waals surface area contributed by atoms with E-state index in [1.165, 1.54) is 34.3 Å². The Kier molecular flexibility index (Phi) is 25.1. The molecule has 10 atom stereocenters. The molecule has 33 heteroatoms. The van der Waals surface area contributed by atoms with Gasteiger partial charge in [-0.3, -0.25) is 33.1 Å². The lowest BCUT2D eigenvalue weighted by Crippen LogP contribution is -2.58. The van der Waals surface area contributed by atoms with Gasteiger partial charge >= 0.3 is 27.4 Å². The van der Waals surface area contributed by atoms with Crippen molar-refractivity contribution < 1.29 is 89.9 Å². The van der Waals surface area contributed by atoms with E-state index in [1.54, 1.807) is 102 Å². The maximum Gasteiger partial charge on any atom is 0.408 e. The first kappa shape index (κ1) is 80.8. The fourth-order valence-electron chi connectivity index (χ4n) is 14.3. The molecule has 6 fully saturated rings. The molecule has 0 bridgehead atoms. The molecule has 3 aromatic heterocycles. The number of rotatable bonds is 27. The van der Waals surface area contributed by atoms with Crippen LogP contribution in [0.25, 0.3) is 33.2 Å². The van der Waals surface area contributed by atoms with E-state index >= 15 is 0 Å². The number of fused-ring (bicyclic) bond motifs is 2. The molecule has 576 valence electrons. The third kappa shape index (κ3) is 17.8. The van der Waals surface area contributed by atoms with Gasteiger partial charge in [-0.25, -0.2) is 24.5 Å². The van der Waals surface area contributed by atoms with E-state index in [1.807, 2.05) is 20.8 Å². The number of nitrogens with zero attached hydrogens (tertiary/aromatic N) is 5. The zero-order chi connectivity index (χ0) is 77.0. The van der Waals surface area contributed by atoms with Crippen LogP contribution in [-0.4, -0.2) is 181 Å². The number of nitrogens with two attached hydrogens (primary N) is 1. The van der Waals surface area contributed by atoms with Crippen molar-refractivity contribution in [3.8, 4) is 34.4 Å². The van der Waals surface area contributed by atoms with Crippen LogP contribution in [0.3, 0.4) is 0 Å². The Hall–Kier alpha value is -7.76. The van der Waals surface area contributed by atoms with E-state index in [0.717, 1.165) is 51.4 Å². The summed E-state index contributed by atoms with van der Waals surface area (Å²) in [6.45, 7) is 21.8. The number of anilines is 1. The minimum atomic E-state index is -4.83. The second-order valence-electron chi connectivity index (χ2n) is 29.7. The molecule has 2 saturated heterocycles. The molecule has 5 heterocycles. The number of halogens is 1. The quantitative estimate of drug-likeness (QED) is 0.0111. The molecule has 5 aromatic rings. The number of benzene rings is 2. The number of carbonyl (C=O) groups excluding carboxylic acids is 7. The Morgan fingerprint density at radius 1 is 0.660 bits per heavy atom. The minimum absolute atomic E-state index is 0.00265. The first-order valence-electron chi connectivity index (χ1n) is 35.7. The molecule has 4 aliphatic carbocycles. The molecule has 8 N–H and O–H groups in total. The Balaban J connectivity index is 0.000000227. The number of pyridine rings is 2. The van der Waals surface area contributed by atoms with Crippen LogP contribution < -0.4 is 45.9 Å². The SMILES string of the molecule is C=C[C@@H]1C[C@]1(NC(=O)[C@@H]1C[C@@H](Oc2cc(-c3csc(N)n3)nc3cc(OC)ccc23)CN1C(=O)[C@@H](NC(=O)OC1CCCC1)C(C)(C)C)P(=O)(O)O.C=C[C@@H]1C[C@]1(NC(=O)[C@@H]1C[C@@H](Oc2cc(C(=O)CBr)nc3cc(OC)ccc23)CN1C(=O)[C@@H](NC(=O)OC1CCCC1)C(C)(C)C)P(=O)(OCC)OCC. The number of aromatic nitrogens is 3. The van der Waals surface area contributed by atoms with E-state index in [9.17, 15) is 52.5 Å². The highest BCUT2D eigenvalue weighted by Gasteiger charge is 2.69. The fraction of sp³-hybridized carbons (Fsp3) is 0.562. The summed E-state index contributed by atoms with van der Waals surface area (Å²) in [5.41, 5.74) is 6.49. The summed E-state index contributed by atoms with van der Waals surface area (Å²) in [4.78, 5) is 134. The van der Waals surface area contributed by atoms with Crippen molar-refractivity contribution in [2.45, 2.75) is 192 Å². The van der Waals surface area contributed by atoms with E-state index in [0.29, 0.717) is 61.3 Å². The Morgan fingerprint density at radius 2 is 1.10 bits per heavy atom. The van der Waals surface area contributed by atoms with Crippen LogP contribution in [0.5, 0.6) is 23.0 Å². The average Bonchev–Trinajstić information content (AvgIpc) is 1.56. The predicted octanol–water partition coefficient (Wildman–Crippen LogP) is 11.1. The van der Waals surface area contributed by atoms with Crippen molar-refractivity contribution in [3.05, 3.63) is 84.9 Å². The van der Waals surface area contributed by atoms with Crippen LogP contribution in [-0.2, 0) is 46.8 Å². The van der Waals surface area contributed by atoms with Crippen LogP contribution in [0.4, 0.5) is 14.7 Å². The van der Waals surface area contributed by atoms with Crippen molar-refractivity contribution in [3.63, 3.8) is 0 Å². The summed E-state index contributed by atoms with van der Waals surface area (Å²) >= 11 is 4.48. The van der Waals surface area contributed by atoms with Crippen LogP contribution in [0.1, 0.15) is 143 Å². The van der Waals surface area contributed by atoms with Crippen molar-refractivity contribution in [1.29, 1.82) is 0 Å². The van der Waals surface area contributed by atoms with Gasteiger partial charge in [0, 0.05) is 65.1 Å². The second kappa shape index (κ2) is 33.0. The molecular formula is C73H97BrN10O19P2S. The molecule has 29 nitrogen and oxygen atoms in total. The number of alkyl carbamates (subject to hydrolysis) is 2. The topological polar surface area (TPSA) is 387 Å². The van der Waals surface area contributed by atoms with Crippen molar-refractivity contribution >= 4 is 111 Å². The summed E-state index contributed by atoms with van der Waals surface area (Å²) in [6.07, 6.45) is 6.75. The highest BCUT2D eigenvalue weighted by atomic mass is 79.9. The first-order valence-corrected chi connectivity index (χ1v) is 40.8. The van der Waals surface area contributed by atoms with Gasteiger partial charge in [0.25, 0.3) is 0 Å². The lowest BCUT2D eigenvalue weighted by Gasteiger charge is -2.36. The van der Waals surface area contributed by atoms with Gasteiger partial charge in [-0.2, -0.15) is 0 Å². The smallest absolute Gasteiger partial charge is 0.408 e. The number of hydrogen-bond donors (Lipinski definition) is 7. The molecule has 4 saturated carbocycles. The molecule has 2 aromatic carbocycles. The molecular weight excluding hydrogens is 1490 g/mol. The number of ketones is 1. The van der Waals surface area contributed by atoms with Crippen LogP contribution >= 0.6 is 42.5 Å². The number of likely N-dealkylation sites (tertiary alicyclic amines) is 2. The number of nitrogen functional groups attached to an aromatic ring is 1. The van der Waals surface area contributed by atoms with Crippen LogP contribution in [0.2, 0.25) is 0 Å². The number of hydrogen-bond acceptors (Lipinski definition) is 22. The number of amides is 6. The molecule has 0 unspecified atom stereocenters. The summed E-state index contributed by atoms with van der Waals surface area (Å²) < 4.78 is 73.5. The Morgan fingerprint density at radius 3 is 1.50 bits per heavy atom. The number of methoxy groups -OCH3 is 2. The van der Waals surface area contributed by atoms with Gasteiger partial charge < -0.3 is 84.1 Å². The van der Waals surface area contributed by atoms with Gasteiger partial charge in [-0.1, -0.05) is 69.6 Å². The van der Waals surface area contributed by atoms with E-state index in [2.05, 4.69) is 60.3 Å². The maximum absolute atomic E-state index is 14.7. The van der Waals surface area contributed by atoms with Gasteiger partial charge in [0.15, 0.2) is 10.9 Å². The second-order valence-corrected chi connectivity index (χ2v) is 35.3. The fourth-order valence-corrected chi connectivity index (χ4v) is 18.8. The van der Waals surface area contributed by atoms with Crippen LogP contribution in [0, 0.1) is 22.7 Å². The predicted molar refractivity (Wildman–Crippen MR) is 401 cm³/mol. The Bertz CT molecular complexity index is 4240. The van der Waals surface area contributed by atoms with E-state index in [4.69, 9.17) is 48.2 Å². The zero-order valence-electron chi connectivity index (χ0n) is 61.4. The summed E-state index contributed by atoms with van der Waals surface area (Å²) in [5, 5.41) is 11.3. The van der Waals surface area contributed by atoms with Gasteiger partial charge in [0.2, 0.25) is 23.6 Å². The van der Waals surface area contributed by atoms with Gasteiger partial charge in [-0.15, -0.1) is 24.5 Å². The number of thiazole rings is 1. The molecule has 106 heavy (non-hydrogen) atoms. The summed E-state index contributed by atoms with van der Waals surface area (Å²) in [7, 11) is -5.64. The van der Waals surface area contributed by atoms with E-state index in [-0.39, 0.29) is 81.0 Å². The highest BCUT2D eigenvalue weighted by molar-refractivity contribution is 9.09. The number of Topliss-reactive ketones (excluding diaryl/α,β-unsaturated/α-hetero) is 1. The van der Waals surface area contributed by atoms with E-state index < -0.39 is 121 Å². The first-order chi connectivity index (χ1) is 50.1. The molecule has 2 aliphatic heterocycles. The molecule has 6 amide bonds. The van der Waals surface area contributed by atoms with Crippen LogP contribution in [0.15, 0.2) is 79.2 Å². The third-order valence-corrected chi connectivity index (χ3v) is 25.8. The van der Waals surface area contributed by atoms with Gasteiger partial charge in [0.1, 0.15) is 93.5 Å². The monoisotopic (exact) mass is 1590 g/mol. The minimum Gasteiger partial charge on any atom is -0.497 e. The summed E-state index contributed by atoms with van der Waals surface area (Å²) in [5.74, 6) is -1.90. The third-order valence-electron chi connectivity index (χ3n) is 20.2. The number of alkyl halides is 1. The molecule has 6 aliphatic rings. The average molecular weight is 1590 g/mol. The number of nitrogens with one attached hydrogen (secondary N) is 4. The lowest BCUT2D eigenvalue weighted by molar-refractivity contribution is -0.142. The highest BCUT2D eigenvalue weighted by Crippen LogP contribution is 2.73. The van der Waals surface area contributed by atoms with Crippen molar-refractivity contribution in [1.82, 2.24) is 46.0 Å². The standard InChI is InChI=1S/C38H52BrN4O10P.C35H45N6O9PS/c1-8-23-20-38(23,54(48,50-9-2)51-10-3)42-34(45)30-18-26(52-32-19-29(31(44)21-39)40-28-17-25(49-7)15-16-27(28)32)22-43(30)35(46)33(37(4,5)6)41-36(47)53-24-13-11-12-14-24;1-6-19-16-35(19,51(45,46)47)40-30(42)27-14-22(17-41(27)31(43)29(34(2,3)4)39-33(44)50-20-9-7-8-10-20)49-28-15-25(26-18-52-32(36)38-26)37-24-13-21(48-5)11-12-23(24)28/h8,15-17,19,23-24,26,30,33H,1,9-14,18,20-22H2,2-7H3,(H,41,47)(H,42,45);6,11-13,15,18-20,22,27,29H,1,7-10,14,16-17H2,2-5H3,(H2,36,38)(H,39,44)(H,40,42)(H2,45,46,47)/t23-,26-,30+,33-,38+;19-,22-,27+,29-,35+/m11/s1. The maximum atomic E-state index is 14.7. The lowest BCUT2D eigenvalue weighted by atomic mass is 9.85. The molecule has 11 rings (SSSR count). The summed E-state index contributed by atoms with van der Waals surface area (Å²) in [6, 6.07) is 9.26. The normalized spacial score (nSPS) is 23.7. The van der Waals surface area contributed by atoms with Crippen molar-refractivity contribution in [2.75, 3.05) is 51.6 Å². The van der Waals surface area contributed by atoms with Gasteiger partial charge in [-0.05, 0) is 113 Å². The largest absolute Gasteiger partial charge is 0.497 e. The van der Waals surface area contributed by atoms with Gasteiger partial charge in [0.05, 0.1) is 62.6 Å². The zero-order valence-corrected chi connectivity index (χ0v) is 65.6. The number of carbonyl (C=O) groups is 7. The molecule has 0 spiro atoms. The van der Waals surface area contributed by atoms with Crippen molar-refractivity contribution in [2.24, 2.45) is 22.7 Å². The molecule has 0 radical (unpaired) electrons. The number of ether oxygens (including phenoxy) is 6. The Labute approximate surface area is 628 Å².